The van der Waals surface area contributed by atoms with E-state index in [0.717, 1.165) is 29.0 Å². The van der Waals surface area contributed by atoms with Crippen LogP contribution in [0.1, 0.15) is 12.6 Å². The summed E-state index contributed by atoms with van der Waals surface area (Å²) in [6.07, 6.45) is -3.83. The van der Waals surface area contributed by atoms with E-state index in [1.165, 1.54) is 18.2 Å². The van der Waals surface area contributed by atoms with Gasteiger partial charge in [-0.25, -0.2) is 18.1 Å². The highest BCUT2D eigenvalue weighted by Crippen LogP contribution is 2.40. The Morgan fingerprint density at radius 1 is 1.31 bits per heavy atom. The third kappa shape index (κ3) is 6.57. The van der Waals surface area contributed by atoms with Crippen LogP contribution in [0, 0.1) is 0 Å². The van der Waals surface area contributed by atoms with Crippen LogP contribution in [0.4, 0.5) is 13.2 Å². The Kier molecular flexibility index (Phi) is 8.19. The van der Waals surface area contributed by atoms with Crippen LogP contribution in [0.15, 0.2) is 29.2 Å². The Morgan fingerprint density at radius 3 is 2.66 bits per heavy atom. The first-order chi connectivity index (χ1) is 16.3. The number of hydrogen-bond donors (Lipinski definition) is 0. The topological polar surface area (TPSA) is 107 Å². The molecule has 35 heavy (non-hydrogen) atoms. The van der Waals surface area contributed by atoms with Gasteiger partial charge in [0.05, 0.1) is 4.90 Å². The molecule has 0 aliphatic carbocycles. The number of hydrogen-bond acceptors (Lipinski definition) is 9. The van der Waals surface area contributed by atoms with E-state index in [1.54, 1.807) is 6.07 Å². The zero-order valence-corrected chi connectivity index (χ0v) is 21.2. The van der Waals surface area contributed by atoms with Crippen LogP contribution in [-0.2, 0) is 32.1 Å². The van der Waals surface area contributed by atoms with Gasteiger partial charge >= 0.3 is 12.1 Å². The molecule has 3 aromatic rings. The molecule has 9 nitrogen and oxygen atoms in total. The van der Waals surface area contributed by atoms with Crippen molar-refractivity contribution >= 4 is 38.9 Å². The molecule has 0 saturated carbocycles. The van der Waals surface area contributed by atoms with E-state index in [-0.39, 0.29) is 28.0 Å². The standard InChI is InChI=1S/C20H21ClF3N5O4S2/c1-4-28(2)8-9-33-14(30)11-29-16(15(21)17(26-29)20(22,23)24)19-25-18(27-34-19)12-6-5-7-13(10-12)35(3,31)32/h5-7,10H,4,8-9,11H2,1-3H3. The van der Waals surface area contributed by atoms with Crippen molar-refractivity contribution < 1.29 is 31.1 Å². The fourth-order valence-corrected chi connectivity index (χ4v) is 4.68. The summed E-state index contributed by atoms with van der Waals surface area (Å²) in [6.45, 7) is 2.54. The Hall–Kier alpha value is -2.55. The third-order valence-corrected chi connectivity index (χ3v) is 7.06. The van der Waals surface area contributed by atoms with E-state index in [0.29, 0.717) is 12.1 Å². The maximum absolute atomic E-state index is 13.5. The van der Waals surface area contributed by atoms with Gasteiger partial charge in [0.2, 0.25) is 0 Å². The molecule has 2 aromatic heterocycles. The largest absolute Gasteiger partial charge is 0.463 e. The predicted molar refractivity (Wildman–Crippen MR) is 124 cm³/mol. The molecule has 1 aromatic carbocycles. The summed E-state index contributed by atoms with van der Waals surface area (Å²) in [5, 5.41) is 2.73. The molecule has 0 aliphatic heterocycles. The SMILES string of the molecule is CCN(C)CCOC(=O)Cn1nc(C(F)(F)F)c(Cl)c1-c1nc(-c2cccc(S(C)(=O)=O)c2)ns1. The molecule has 0 atom stereocenters. The van der Waals surface area contributed by atoms with Gasteiger partial charge in [-0.05, 0) is 37.3 Å². The number of sulfone groups is 1. The third-order valence-electron chi connectivity index (χ3n) is 4.87. The van der Waals surface area contributed by atoms with Crippen molar-refractivity contribution in [1.29, 1.82) is 0 Å². The van der Waals surface area contributed by atoms with E-state index in [2.05, 4.69) is 14.5 Å². The zero-order chi connectivity index (χ0) is 26.0. The van der Waals surface area contributed by atoms with Crippen LogP contribution in [0.25, 0.3) is 22.1 Å². The summed E-state index contributed by atoms with van der Waals surface area (Å²) in [4.78, 5) is 18.4. The first kappa shape index (κ1) is 27.0. The fourth-order valence-electron chi connectivity index (χ4n) is 2.88. The Morgan fingerprint density at radius 2 is 2.03 bits per heavy atom. The lowest BCUT2D eigenvalue weighted by atomic mass is 10.2. The molecule has 0 bridgehead atoms. The minimum Gasteiger partial charge on any atom is -0.463 e. The van der Waals surface area contributed by atoms with Crippen LogP contribution >= 0.6 is 23.1 Å². The highest BCUT2D eigenvalue weighted by molar-refractivity contribution is 7.90. The molecule has 0 amide bonds. The van der Waals surface area contributed by atoms with Crippen molar-refractivity contribution in [3.8, 4) is 22.1 Å². The first-order valence-corrected chi connectivity index (χ1v) is 13.2. The minimum atomic E-state index is -4.87. The monoisotopic (exact) mass is 551 g/mol. The summed E-state index contributed by atoms with van der Waals surface area (Å²) in [5.74, 6) is -0.715. The molecular weight excluding hydrogens is 531 g/mol. The average Bonchev–Trinajstić information content (AvgIpc) is 3.37. The summed E-state index contributed by atoms with van der Waals surface area (Å²) in [5.41, 5.74) is -1.28. The maximum atomic E-state index is 13.5. The van der Waals surface area contributed by atoms with E-state index in [4.69, 9.17) is 16.3 Å². The summed E-state index contributed by atoms with van der Waals surface area (Å²) in [7, 11) is -1.67. The van der Waals surface area contributed by atoms with Gasteiger partial charge in [-0.2, -0.15) is 22.6 Å². The summed E-state index contributed by atoms with van der Waals surface area (Å²) < 4.78 is 74.1. The van der Waals surface area contributed by atoms with Crippen molar-refractivity contribution in [3.05, 3.63) is 35.0 Å². The van der Waals surface area contributed by atoms with Crippen molar-refractivity contribution in [2.45, 2.75) is 24.5 Å². The van der Waals surface area contributed by atoms with Crippen LogP contribution < -0.4 is 0 Å². The van der Waals surface area contributed by atoms with Gasteiger partial charge < -0.3 is 9.64 Å². The molecule has 0 spiro atoms. The second-order valence-electron chi connectivity index (χ2n) is 7.51. The van der Waals surface area contributed by atoms with Gasteiger partial charge in [-0.15, -0.1) is 0 Å². The number of alkyl halides is 3. The highest BCUT2D eigenvalue weighted by Gasteiger charge is 2.40. The molecule has 190 valence electrons. The number of nitrogens with zero attached hydrogens (tertiary/aromatic N) is 5. The molecule has 0 fully saturated rings. The number of rotatable bonds is 9. The lowest BCUT2D eigenvalue weighted by Gasteiger charge is -2.13. The Labute approximate surface area is 208 Å². The summed E-state index contributed by atoms with van der Waals surface area (Å²) >= 11 is 6.77. The highest BCUT2D eigenvalue weighted by atomic mass is 35.5. The quantitative estimate of drug-likeness (QED) is 0.371. The number of halogens is 4. The molecule has 0 unspecified atom stereocenters. The lowest BCUT2D eigenvalue weighted by Crippen LogP contribution is -2.25. The molecule has 0 saturated heterocycles. The Bertz CT molecular complexity index is 1320. The van der Waals surface area contributed by atoms with Gasteiger partial charge in [0, 0.05) is 18.4 Å². The second-order valence-corrected chi connectivity index (χ2v) is 10.7. The number of likely N-dealkylation sites (N-methyl/N-ethyl adjacent to an activating group) is 1. The van der Waals surface area contributed by atoms with Gasteiger partial charge in [0.1, 0.15) is 23.9 Å². The van der Waals surface area contributed by atoms with Gasteiger partial charge in [-0.3, -0.25) is 4.79 Å². The number of aromatic nitrogens is 4. The molecule has 2 heterocycles. The van der Waals surface area contributed by atoms with E-state index < -0.39 is 39.2 Å². The predicted octanol–water partition coefficient (Wildman–Crippen LogP) is 3.64. The van der Waals surface area contributed by atoms with Gasteiger partial charge in [0.25, 0.3) is 0 Å². The number of ether oxygens (including phenoxy) is 1. The number of esters is 1. The van der Waals surface area contributed by atoms with E-state index in [1.807, 2.05) is 18.9 Å². The lowest BCUT2D eigenvalue weighted by molar-refractivity contribution is -0.146. The number of carbonyl (C=O) groups excluding carboxylic acids is 1. The van der Waals surface area contributed by atoms with Crippen molar-refractivity contribution in [1.82, 2.24) is 24.0 Å². The van der Waals surface area contributed by atoms with Crippen molar-refractivity contribution in [2.75, 3.05) is 33.0 Å². The van der Waals surface area contributed by atoms with Crippen LogP contribution in [0.5, 0.6) is 0 Å². The van der Waals surface area contributed by atoms with Crippen molar-refractivity contribution in [3.63, 3.8) is 0 Å². The number of carbonyl (C=O) groups is 1. The molecule has 0 N–H and O–H groups in total. The van der Waals surface area contributed by atoms with Crippen LogP contribution in [0.2, 0.25) is 5.02 Å². The van der Waals surface area contributed by atoms with E-state index >= 15 is 0 Å². The van der Waals surface area contributed by atoms with E-state index in [9.17, 15) is 26.4 Å². The van der Waals surface area contributed by atoms with Crippen molar-refractivity contribution in [2.24, 2.45) is 0 Å². The van der Waals surface area contributed by atoms with Gasteiger partial charge in [-0.1, -0.05) is 30.7 Å². The van der Waals surface area contributed by atoms with Gasteiger partial charge in [0.15, 0.2) is 26.4 Å². The normalized spacial score (nSPS) is 12.3. The molecule has 15 heteroatoms. The smallest absolute Gasteiger partial charge is 0.436 e. The molecular formula is C20H21ClF3N5O4S2. The number of benzene rings is 1. The Balaban J connectivity index is 1.95. The zero-order valence-electron chi connectivity index (χ0n) is 18.8. The van der Waals surface area contributed by atoms with Crippen LogP contribution in [-0.4, -0.2) is 71.4 Å². The molecule has 0 aliphatic rings. The molecule has 0 radical (unpaired) electrons. The molecule has 3 rings (SSSR count). The summed E-state index contributed by atoms with van der Waals surface area (Å²) in [6, 6.07) is 5.81. The fraction of sp³-hybridized carbons (Fsp3) is 0.400. The minimum absolute atomic E-state index is 0.0312. The second kappa shape index (κ2) is 10.6. The maximum Gasteiger partial charge on any atom is 0.436 e. The first-order valence-electron chi connectivity index (χ1n) is 10.1. The van der Waals surface area contributed by atoms with Crippen LogP contribution in [0.3, 0.4) is 0 Å². The average molecular weight is 552 g/mol.